The molecule has 0 bridgehead atoms. The second kappa shape index (κ2) is 3.90. The van der Waals surface area contributed by atoms with Crippen molar-refractivity contribution in [1.29, 1.82) is 0 Å². The highest BCUT2D eigenvalue weighted by atomic mass is 32.1. The van der Waals surface area contributed by atoms with Gasteiger partial charge in [-0.2, -0.15) is 0 Å². The van der Waals surface area contributed by atoms with Gasteiger partial charge in [0.15, 0.2) is 0 Å². The molecular formula is C11H13NO3S. The number of hydrogen-bond donors (Lipinski definition) is 2. The van der Waals surface area contributed by atoms with Gasteiger partial charge in [0, 0.05) is 4.88 Å². The minimum absolute atomic E-state index is 0.354. The van der Waals surface area contributed by atoms with Crippen molar-refractivity contribution >= 4 is 23.2 Å². The number of carboxylic acid groups (broad SMARTS) is 1. The maximum absolute atomic E-state index is 11.7. The van der Waals surface area contributed by atoms with Gasteiger partial charge < -0.3 is 10.4 Å². The summed E-state index contributed by atoms with van der Waals surface area (Å²) in [5.41, 5.74) is -0.00370. The fraction of sp³-hybridized carbons (Fsp3) is 0.455. The van der Waals surface area contributed by atoms with Crippen LogP contribution in [0.3, 0.4) is 0 Å². The number of carboxylic acids is 1. The summed E-state index contributed by atoms with van der Waals surface area (Å²) >= 11 is 1.57. The van der Waals surface area contributed by atoms with Gasteiger partial charge in [0.25, 0.3) is 0 Å². The standard InChI is InChI=1S/C11H13NO3S/c1-7-2-5-16-8(7)6-12-9(13)11(3-4-11)10(14)15/h2,5H,3-4,6H2,1H3,(H,12,13)(H,14,15). The van der Waals surface area contributed by atoms with E-state index in [9.17, 15) is 9.59 Å². The van der Waals surface area contributed by atoms with Crippen molar-refractivity contribution in [2.45, 2.75) is 26.3 Å². The highest BCUT2D eigenvalue weighted by Crippen LogP contribution is 2.46. The molecule has 16 heavy (non-hydrogen) atoms. The summed E-state index contributed by atoms with van der Waals surface area (Å²) in [5, 5.41) is 13.6. The second-order valence-electron chi connectivity index (χ2n) is 4.10. The van der Waals surface area contributed by atoms with Crippen molar-refractivity contribution in [2.24, 2.45) is 5.41 Å². The number of carbonyl (C=O) groups excluding carboxylic acids is 1. The van der Waals surface area contributed by atoms with E-state index < -0.39 is 11.4 Å². The van der Waals surface area contributed by atoms with Crippen molar-refractivity contribution < 1.29 is 14.7 Å². The topological polar surface area (TPSA) is 66.4 Å². The van der Waals surface area contributed by atoms with Gasteiger partial charge in [-0.05, 0) is 36.8 Å². The van der Waals surface area contributed by atoms with Crippen LogP contribution in [0.2, 0.25) is 0 Å². The quantitative estimate of drug-likeness (QED) is 0.783. The van der Waals surface area contributed by atoms with Crippen LogP contribution in [0.1, 0.15) is 23.3 Å². The molecule has 1 aromatic rings. The molecule has 1 aromatic heterocycles. The average molecular weight is 239 g/mol. The van der Waals surface area contributed by atoms with E-state index in [0.717, 1.165) is 10.4 Å². The summed E-state index contributed by atoms with van der Waals surface area (Å²) in [7, 11) is 0. The van der Waals surface area contributed by atoms with Crippen LogP contribution >= 0.6 is 11.3 Å². The number of nitrogens with one attached hydrogen (secondary N) is 1. The van der Waals surface area contributed by atoms with Gasteiger partial charge >= 0.3 is 5.97 Å². The molecule has 1 aliphatic rings. The molecular weight excluding hydrogens is 226 g/mol. The van der Waals surface area contributed by atoms with E-state index in [1.807, 2.05) is 18.4 Å². The largest absolute Gasteiger partial charge is 0.480 e. The first-order valence-corrected chi connectivity index (χ1v) is 5.99. The first-order chi connectivity index (χ1) is 7.56. The third kappa shape index (κ3) is 1.82. The molecule has 1 amide bonds. The van der Waals surface area contributed by atoms with Gasteiger partial charge in [0.05, 0.1) is 6.54 Å². The number of hydrogen-bond acceptors (Lipinski definition) is 3. The van der Waals surface area contributed by atoms with Gasteiger partial charge in [0.1, 0.15) is 5.41 Å². The van der Waals surface area contributed by atoms with Gasteiger partial charge in [-0.25, -0.2) is 0 Å². The van der Waals surface area contributed by atoms with Crippen molar-refractivity contribution in [3.8, 4) is 0 Å². The molecule has 1 fully saturated rings. The predicted molar refractivity (Wildman–Crippen MR) is 60.2 cm³/mol. The molecule has 2 N–H and O–H groups in total. The molecule has 0 radical (unpaired) electrons. The van der Waals surface area contributed by atoms with Crippen molar-refractivity contribution in [1.82, 2.24) is 5.32 Å². The maximum Gasteiger partial charge on any atom is 0.319 e. The molecule has 1 heterocycles. The summed E-state index contributed by atoms with van der Waals surface area (Å²) in [6, 6.07) is 1.98. The SMILES string of the molecule is Cc1ccsc1CNC(=O)C1(C(=O)O)CC1. The van der Waals surface area contributed by atoms with Gasteiger partial charge in [-0.1, -0.05) is 0 Å². The fourth-order valence-electron chi connectivity index (χ4n) is 1.58. The average Bonchev–Trinajstić information content (AvgIpc) is 2.95. The lowest BCUT2D eigenvalue weighted by atomic mass is 10.1. The Kier molecular flexibility index (Phi) is 2.71. The predicted octanol–water partition coefficient (Wildman–Crippen LogP) is 1.54. The first-order valence-electron chi connectivity index (χ1n) is 5.11. The molecule has 2 rings (SSSR count). The molecule has 0 unspecified atom stereocenters. The normalized spacial score (nSPS) is 16.8. The summed E-state index contributed by atoms with van der Waals surface area (Å²) < 4.78 is 0. The molecule has 4 nitrogen and oxygen atoms in total. The van der Waals surface area contributed by atoms with Crippen molar-refractivity contribution in [2.75, 3.05) is 0 Å². The fourth-order valence-corrected chi connectivity index (χ4v) is 2.42. The van der Waals surface area contributed by atoms with Gasteiger partial charge in [-0.3, -0.25) is 9.59 Å². The van der Waals surface area contributed by atoms with Crippen LogP contribution in [-0.4, -0.2) is 17.0 Å². The van der Waals surface area contributed by atoms with Crippen LogP contribution in [0.15, 0.2) is 11.4 Å². The number of aliphatic carboxylic acids is 1. The van der Waals surface area contributed by atoms with E-state index in [4.69, 9.17) is 5.11 Å². The van der Waals surface area contributed by atoms with Crippen LogP contribution in [-0.2, 0) is 16.1 Å². The molecule has 0 aromatic carbocycles. The van der Waals surface area contributed by atoms with Crippen LogP contribution in [0.5, 0.6) is 0 Å². The maximum atomic E-state index is 11.7. The molecule has 0 aliphatic heterocycles. The highest BCUT2D eigenvalue weighted by molar-refractivity contribution is 7.10. The summed E-state index contributed by atoms with van der Waals surface area (Å²) in [6.07, 6.45) is 0.912. The first kappa shape index (κ1) is 11.1. The third-order valence-corrected chi connectivity index (χ3v) is 3.99. The number of thiophene rings is 1. The lowest BCUT2D eigenvalue weighted by Crippen LogP contribution is -2.36. The van der Waals surface area contributed by atoms with Crippen LogP contribution in [0.25, 0.3) is 0 Å². The number of amides is 1. The summed E-state index contributed by atoms with van der Waals surface area (Å²) in [4.78, 5) is 23.7. The van der Waals surface area contributed by atoms with E-state index in [1.165, 1.54) is 0 Å². The zero-order chi connectivity index (χ0) is 11.8. The Hall–Kier alpha value is -1.36. The van der Waals surface area contributed by atoms with Crippen molar-refractivity contribution in [3.63, 3.8) is 0 Å². The lowest BCUT2D eigenvalue weighted by Gasteiger charge is -2.10. The Balaban J connectivity index is 1.95. The summed E-state index contributed by atoms with van der Waals surface area (Å²) in [5.74, 6) is -1.36. The van der Waals surface area contributed by atoms with Crippen LogP contribution < -0.4 is 5.32 Å². The zero-order valence-electron chi connectivity index (χ0n) is 8.95. The van der Waals surface area contributed by atoms with E-state index in [-0.39, 0.29) is 5.91 Å². The number of aryl methyl sites for hydroxylation is 1. The number of carbonyl (C=O) groups is 2. The van der Waals surface area contributed by atoms with Gasteiger partial charge in [-0.15, -0.1) is 11.3 Å². The third-order valence-electron chi connectivity index (χ3n) is 2.97. The smallest absolute Gasteiger partial charge is 0.319 e. The van der Waals surface area contributed by atoms with Crippen LogP contribution in [0, 0.1) is 12.3 Å². The Morgan fingerprint density at radius 1 is 1.56 bits per heavy atom. The molecule has 86 valence electrons. The van der Waals surface area contributed by atoms with E-state index in [1.54, 1.807) is 11.3 Å². The molecule has 0 saturated heterocycles. The number of rotatable bonds is 4. The second-order valence-corrected chi connectivity index (χ2v) is 5.10. The molecule has 1 aliphatic carbocycles. The Bertz CT molecular complexity index is 434. The minimum atomic E-state index is -1.13. The van der Waals surface area contributed by atoms with E-state index in [0.29, 0.717) is 19.4 Å². The Morgan fingerprint density at radius 3 is 2.69 bits per heavy atom. The molecule has 0 atom stereocenters. The van der Waals surface area contributed by atoms with E-state index in [2.05, 4.69) is 5.32 Å². The lowest BCUT2D eigenvalue weighted by molar-refractivity contribution is -0.149. The Labute approximate surface area is 97.3 Å². The Morgan fingerprint density at radius 2 is 2.25 bits per heavy atom. The monoisotopic (exact) mass is 239 g/mol. The van der Waals surface area contributed by atoms with Crippen molar-refractivity contribution in [3.05, 3.63) is 21.9 Å². The van der Waals surface area contributed by atoms with Gasteiger partial charge in [0.2, 0.25) is 5.91 Å². The van der Waals surface area contributed by atoms with Crippen LogP contribution in [0.4, 0.5) is 0 Å². The van der Waals surface area contributed by atoms with E-state index >= 15 is 0 Å². The molecule has 5 heteroatoms. The zero-order valence-corrected chi connectivity index (χ0v) is 9.76. The summed E-state index contributed by atoms with van der Waals surface area (Å²) in [6.45, 7) is 2.40. The molecule has 1 saturated carbocycles. The highest BCUT2D eigenvalue weighted by Gasteiger charge is 2.56. The molecule has 0 spiro atoms. The minimum Gasteiger partial charge on any atom is -0.480 e.